The molecule has 0 aliphatic heterocycles. The van der Waals surface area contributed by atoms with Gasteiger partial charge in [0.25, 0.3) is 10.7 Å². The van der Waals surface area contributed by atoms with Gasteiger partial charge < -0.3 is 9.15 Å². The summed E-state index contributed by atoms with van der Waals surface area (Å²) >= 11 is 8.95. The zero-order valence-electron chi connectivity index (χ0n) is 7.70. The van der Waals surface area contributed by atoms with E-state index in [9.17, 15) is 0 Å². The van der Waals surface area contributed by atoms with Gasteiger partial charge in [0.05, 0.1) is 12.7 Å². The number of nitrogens with zero attached hydrogens (tertiary/aromatic N) is 2. The highest BCUT2D eigenvalue weighted by atomic mass is 79.9. The standard InChI is InChI=1S/C9H6BrClN2O2/c1-14-7-3-2-5(11)4-6(7)8-12-13-9(10)15-8/h2-4H,1H3. The second-order valence-electron chi connectivity index (χ2n) is 2.70. The Labute approximate surface area is 99.3 Å². The van der Waals surface area contributed by atoms with Gasteiger partial charge in [-0.25, -0.2) is 0 Å². The van der Waals surface area contributed by atoms with Crippen LogP contribution in [0.5, 0.6) is 5.75 Å². The maximum absolute atomic E-state index is 5.87. The van der Waals surface area contributed by atoms with Gasteiger partial charge in [-0.2, -0.15) is 0 Å². The van der Waals surface area contributed by atoms with Gasteiger partial charge in [-0.05, 0) is 18.2 Å². The molecule has 0 N–H and O–H groups in total. The Morgan fingerprint density at radius 3 is 2.80 bits per heavy atom. The van der Waals surface area contributed by atoms with E-state index in [1.807, 2.05) is 0 Å². The van der Waals surface area contributed by atoms with Crippen LogP contribution in [-0.4, -0.2) is 17.3 Å². The molecule has 0 bridgehead atoms. The monoisotopic (exact) mass is 288 g/mol. The van der Waals surface area contributed by atoms with E-state index in [0.29, 0.717) is 27.0 Å². The maximum atomic E-state index is 5.87. The molecular formula is C9H6BrClN2O2. The van der Waals surface area contributed by atoms with E-state index in [1.54, 1.807) is 25.3 Å². The lowest BCUT2D eigenvalue weighted by atomic mass is 10.2. The van der Waals surface area contributed by atoms with Gasteiger partial charge in [0.2, 0.25) is 0 Å². The summed E-state index contributed by atoms with van der Waals surface area (Å²) in [6, 6.07) is 5.19. The first-order chi connectivity index (χ1) is 7.20. The molecular weight excluding hydrogens is 283 g/mol. The van der Waals surface area contributed by atoms with Crippen LogP contribution in [-0.2, 0) is 0 Å². The van der Waals surface area contributed by atoms with Crippen LogP contribution in [0.25, 0.3) is 11.5 Å². The molecule has 4 nitrogen and oxygen atoms in total. The normalized spacial score (nSPS) is 10.3. The quantitative estimate of drug-likeness (QED) is 0.852. The fourth-order valence-corrected chi connectivity index (χ4v) is 1.57. The molecule has 0 unspecified atom stereocenters. The largest absolute Gasteiger partial charge is 0.496 e. The summed E-state index contributed by atoms with van der Waals surface area (Å²) in [7, 11) is 1.57. The van der Waals surface area contributed by atoms with Gasteiger partial charge in [-0.1, -0.05) is 11.6 Å². The average molecular weight is 290 g/mol. The van der Waals surface area contributed by atoms with Crippen molar-refractivity contribution >= 4 is 27.5 Å². The molecule has 0 aliphatic rings. The summed E-state index contributed by atoms with van der Waals surface area (Å²) in [5.74, 6) is 0.997. The van der Waals surface area contributed by atoms with Gasteiger partial charge in [0.15, 0.2) is 0 Å². The summed E-state index contributed by atoms with van der Waals surface area (Å²) in [4.78, 5) is 0.319. The summed E-state index contributed by atoms with van der Waals surface area (Å²) in [6.45, 7) is 0. The number of rotatable bonds is 2. The fraction of sp³-hybridized carbons (Fsp3) is 0.111. The van der Waals surface area contributed by atoms with Crippen LogP contribution in [0.4, 0.5) is 0 Å². The number of aromatic nitrogens is 2. The highest BCUT2D eigenvalue weighted by Crippen LogP contribution is 2.32. The van der Waals surface area contributed by atoms with Gasteiger partial charge >= 0.3 is 0 Å². The Hall–Kier alpha value is -1.07. The summed E-state index contributed by atoms with van der Waals surface area (Å²) < 4.78 is 10.4. The molecule has 78 valence electrons. The molecule has 1 aromatic carbocycles. The van der Waals surface area contributed by atoms with E-state index in [1.165, 1.54) is 0 Å². The Bertz CT molecular complexity index is 487. The van der Waals surface area contributed by atoms with Crippen molar-refractivity contribution in [3.05, 3.63) is 28.0 Å². The molecule has 0 aliphatic carbocycles. The van der Waals surface area contributed by atoms with Crippen LogP contribution >= 0.6 is 27.5 Å². The molecule has 1 aromatic heterocycles. The lowest BCUT2D eigenvalue weighted by molar-refractivity contribution is 0.414. The van der Waals surface area contributed by atoms with Gasteiger partial charge in [0, 0.05) is 21.0 Å². The smallest absolute Gasteiger partial charge is 0.285 e. The minimum absolute atomic E-state index is 0.319. The lowest BCUT2D eigenvalue weighted by Crippen LogP contribution is -1.87. The minimum atomic E-state index is 0.319. The number of hydrogen-bond acceptors (Lipinski definition) is 4. The summed E-state index contributed by atoms with van der Waals surface area (Å²) in [5, 5.41) is 8.12. The van der Waals surface area contributed by atoms with Crippen molar-refractivity contribution in [1.29, 1.82) is 0 Å². The van der Waals surface area contributed by atoms with E-state index >= 15 is 0 Å². The number of methoxy groups -OCH3 is 1. The summed E-state index contributed by atoms with van der Waals surface area (Å²) in [5.41, 5.74) is 0.670. The first kappa shape index (κ1) is 10.4. The van der Waals surface area contributed by atoms with Crippen LogP contribution in [0, 0.1) is 0 Å². The van der Waals surface area contributed by atoms with Crippen molar-refractivity contribution in [2.45, 2.75) is 0 Å². The number of hydrogen-bond donors (Lipinski definition) is 0. The molecule has 2 aromatic rings. The van der Waals surface area contributed by atoms with Crippen LogP contribution in [0.15, 0.2) is 27.4 Å². The third-order valence-corrected chi connectivity index (χ3v) is 2.35. The Morgan fingerprint density at radius 1 is 1.40 bits per heavy atom. The van der Waals surface area contributed by atoms with E-state index < -0.39 is 0 Å². The van der Waals surface area contributed by atoms with Crippen molar-refractivity contribution in [1.82, 2.24) is 10.2 Å². The Kier molecular flexibility index (Phi) is 2.93. The Morgan fingerprint density at radius 2 is 2.20 bits per heavy atom. The summed E-state index contributed by atoms with van der Waals surface area (Å²) in [6.07, 6.45) is 0. The molecule has 0 amide bonds. The maximum Gasteiger partial charge on any atom is 0.285 e. The van der Waals surface area contributed by atoms with Crippen molar-refractivity contribution < 1.29 is 9.15 Å². The van der Waals surface area contributed by atoms with Gasteiger partial charge in [0.1, 0.15) is 5.75 Å². The average Bonchev–Trinajstić information content (AvgIpc) is 2.65. The predicted molar refractivity (Wildman–Crippen MR) is 59.0 cm³/mol. The topological polar surface area (TPSA) is 48.2 Å². The van der Waals surface area contributed by atoms with Crippen molar-refractivity contribution in [2.75, 3.05) is 7.11 Å². The third kappa shape index (κ3) is 2.13. The molecule has 0 fully saturated rings. The van der Waals surface area contributed by atoms with Gasteiger partial charge in [-0.3, -0.25) is 0 Å². The SMILES string of the molecule is COc1ccc(Cl)cc1-c1nnc(Br)o1. The first-order valence-electron chi connectivity index (χ1n) is 4.03. The second-order valence-corrected chi connectivity index (χ2v) is 3.82. The zero-order chi connectivity index (χ0) is 10.8. The molecule has 0 spiro atoms. The number of ether oxygens (including phenoxy) is 1. The molecule has 15 heavy (non-hydrogen) atoms. The lowest BCUT2D eigenvalue weighted by Gasteiger charge is -2.04. The van der Waals surface area contributed by atoms with E-state index in [2.05, 4.69) is 26.1 Å². The predicted octanol–water partition coefficient (Wildman–Crippen LogP) is 3.16. The molecule has 2 rings (SSSR count). The molecule has 6 heteroatoms. The second kappa shape index (κ2) is 4.20. The molecule has 0 saturated carbocycles. The van der Waals surface area contributed by atoms with Crippen LogP contribution in [0.3, 0.4) is 0 Å². The fourth-order valence-electron chi connectivity index (χ4n) is 1.16. The van der Waals surface area contributed by atoms with Crippen LogP contribution in [0.1, 0.15) is 0 Å². The molecule has 0 saturated heterocycles. The number of benzene rings is 1. The van der Waals surface area contributed by atoms with Crippen molar-refractivity contribution in [3.8, 4) is 17.2 Å². The van der Waals surface area contributed by atoms with Crippen molar-refractivity contribution in [3.63, 3.8) is 0 Å². The first-order valence-corrected chi connectivity index (χ1v) is 5.20. The van der Waals surface area contributed by atoms with Gasteiger partial charge in [-0.15, -0.1) is 10.2 Å². The molecule has 0 atom stereocenters. The Balaban J connectivity index is 2.55. The van der Waals surface area contributed by atoms with Crippen LogP contribution in [0.2, 0.25) is 5.02 Å². The highest BCUT2D eigenvalue weighted by molar-refractivity contribution is 9.10. The van der Waals surface area contributed by atoms with E-state index in [0.717, 1.165) is 0 Å². The van der Waals surface area contributed by atoms with Crippen LogP contribution < -0.4 is 4.74 Å². The molecule has 1 heterocycles. The molecule has 0 radical (unpaired) electrons. The van der Waals surface area contributed by atoms with E-state index in [-0.39, 0.29) is 0 Å². The van der Waals surface area contributed by atoms with E-state index in [4.69, 9.17) is 20.8 Å². The number of halogens is 2. The minimum Gasteiger partial charge on any atom is -0.496 e. The van der Waals surface area contributed by atoms with Crippen molar-refractivity contribution in [2.24, 2.45) is 0 Å². The zero-order valence-corrected chi connectivity index (χ0v) is 10.0. The highest BCUT2D eigenvalue weighted by Gasteiger charge is 2.12. The third-order valence-electron chi connectivity index (χ3n) is 1.79.